The summed E-state index contributed by atoms with van der Waals surface area (Å²) < 4.78 is 27.2. The molecule has 1 saturated carbocycles. The van der Waals surface area contributed by atoms with Gasteiger partial charge in [-0.2, -0.15) is 5.26 Å². The molecule has 0 aromatic heterocycles. The van der Waals surface area contributed by atoms with Gasteiger partial charge in [0.05, 0.1) is 11.5 Å². The number of likely N-dealkylation sites (tertiary alicyclic amines) is 2. The van der Waals surface area contributed by atoms with Crippen molar-refractivity contribution in [2.24, 2.45) is 5.41 Å². The Morgan fingerprint density at radius 1 is 1.21 bits per heavy atom. The van der Waals surface area contributed by atoms with Crippen molar-refractivity contribution in [3.63, 3.8) is 0 Å². The first kappa shape index (κ1) is 21.3. The predicted octanol–water partition coefficient (Wildman–Crippen LogP) is 1.23. The molecule has 2 N–H and O–H groups in total. The van der Waals surface area contributed by atoms with E-state index in [0.717, 1.165) is 6.42 Å². The van der Waals surface area contributed by atoms with Crippen molar-refractivity contribution in [3.8, 4) is 6.07 Å². The summed E-state index contributed by atoms with van der Waals surface area (Å²) in [6.45, 7) is 2.03. The highest BCUT2D eigenvalue weighted by atomic mass is 19.3. The van der Waals surface area contributed by atoms with E-state index in [0.29, 0.717) is 52.2 Å². The Balaban J connectivity index is 1.60. The number of carbonyl (C=O) groups is 3. The van der Waals surface area contributed by atoms with Crippen molar-refractivity contribution >= 4 is 17.8 Å². The summed E-state index contributed by atoms with van der Waals surface area (Å²) in [5.41, 5.74) is -1.45. The Labute approximate surface area is 168 Å². The van der Waals surface area contributed by atoms with Gasteiger partial charge in [0.15, 0.2) is 0 Å². The van der Waals surface area contributed by atoms with E-state index in [1.54, 1.807) is 11.9 Å². The molecule has 0 aromatic rings. The molecule has 0 bridgehead atoms. The van der Waals surface area contributed by atoms with Crippen LogP contribution in [-0.4, -0.2) is 71.8 Å². The highest BCUT2D eigenvalue weighted by molar-refractivity contribution is 5.88. The molecule has 3 aliphatic rings. The maximum atomic E-state index is 13.6. The van der Waals surface area contributed by atoms with Gasteiger partial charge in [0.2, 0.25) is 17.7 Å². The molecule has 4 amide bonds. The highest BCUT2D eigenvalue weighted by Crippen LogP contribution is 2.41. The summed E-state index contributed by atoms with van der Waals surface area (Å²) in [5.74, 6) is -3.85. The number of urea groups is 1. The topological polar surface area (TPSA) is 106 Å². The number of alkyl halides is 2. The van der Waals surface area contributed by atoms with Crippen LogP contribution in [0, 0.1) is 16.7 Å². The molecule has 2 heterocycles. The normalized spacial score (nSPS) is 23.5. The van der Waals surface area contributed by atoms with Crippen molar-refractivity contribution in [3.05, 3.63) is 0 Å². The van der Waals surface area contributed by atoms with E-state index in [4.69, 9.17) is 5.26 Å². The van der Waals surface area contributed by atoms with Crippen molar-refractivity contribution in [1.82, 2.24) is 20.4 Å². The van der Waals surface area contributed by atoms with Gasteiger partial charge in [-0.3, -0.25) is 9.59 Å². The molecule has 1 spiro atoms. The molecule has 10 heteroatoms. The number of hydrogen-bond acceptors (Lipinski definition) is 4. The van der Waals surface area contributed by atoms with Crippen LogP contribution >= 0.6 is 0 Å². The van der Waals surface area contributed by atoms with E-state index in [1.807, 2.05) is 6.07 Å². The van der Waals surface area contributed by atoms with Crippen LogP contribution in [0.5, 0.6) is 0 Å². The van der Waals surface area contributed by atoms with Gasteiger partial charge < -0.3 is 20.4 Å². The van der Waals surface area contributed by atoms with Gasteiger partial charge in [0.1, 0.15) is 11.6 Å². The van der Waals surface area contributed by atoms with Crippen LogP contribution in [0.15, 0.2) is 0 Å². The van der Waals surface area contributed by atoms with Crippen molar-refractivity contribution in [2.75, 3.05) is 26.7 Å². The van der Waals surface area contributed by atoms with Crippen LogP contribution < -0.4 is 10.6 Å². The number of nitrogens with zero attached hydrogens (tertiary/aromatic N) is 3. The van der Waals surface area contributed by atoms with E-state index < -0.39 is 41.3 Å². The maximum Gasteiger partial charge on any atom is 0.318 e. The first-order chi connectivity index (χ1) is 13.5. The summed E-state index contributed by atoms with van der Waals surface area (Å²) in [6, 6.07) is -0.0731. The molecule has 3 rings (SSSR count). The average molecular weight is 411 g/mol. The third-order valence-electron chi connectivity index (χ3n) is 6.24. The fraction of sp³-hybridized carbons (Fsp3) is 0.789. The van der Waals surface area contributed by atoms with Crippen LogP contribution in [0.3, 0.4) is 0 Å². The quantitative estimate of drug-likeness (QED) is 0.710. The van der Waals surface area contributed by atoms with Gasteiger partial charge in [0, 0.05) is 33.1 Å². The second kappa shape index (κ2) is 7.43. The second-order valence-corrected chi connectivity index (χ2v) is 8.70. The number of rotatable bonds is 5. The molecule has 3 fully saturated rings. The highest BCUT2D eigenvalue weighted by Gasteiger charge is 2.49. The fourth-order valence-corrected chi connectivity index (χ4v) is 4.12. The van der Waals surface area contributed by atoms with E-state index >= 15 is 0 Å². The zero-order chi connectivity index (χ0) is 21.4. The molecule has 1 atom stereocenters. The standard InChI is InChI=1S/C19H27F2N5O3/c1-17(20,21)11-13(14(27)24-19(12-22)3-4-19)23-16(29)26-9-6-18(7-10-26)5-8-25(2)15(18)28/h13H,3-11H2,1-2H3,(H,23,29)(H,24,27)/t13-/m0/s1. The largest absolute Gasteiger partial charge is 0.345 e. The molecule has 1 aliphatic carbocycles. The lowest BCUT2D eigenvalue weighted by molar-refractivity contribution is -0.137. The van der Waals surface area contributed by atoms with Crippen molar-refractivity contribution < 1.29 is 23.2 Å². The van der Waals surface area contributed by atoms with Gasteiger partial charge in [-0.25, -0.2) is 13.6 Å². The third-order valence-corrected chi connectivity index (χ3v) is 6.24. The SMILES string of the molecule is CN1CCC2(CCN(C(=O)N[C@@H](CC(C)(F)F)C(=O)NC3(C#N)CC3)CC2)C1=O. The van der Waals surface area contributed by atoms with Gasteiger partial charge in [-0.15, -0.1) is 0 Å². The zero-order valence-corrected chi connectivity index (χ0v) is 16.8. The Morgan fingerprint density at radius 2 is 1.79 bits per heavy atom. The summed E-state index contributed by atoms with van der Waals surface area (Å²) in [6.07, 6.45) is 1.86. The Morgan fingerprint density at radius 3 is 2.24 bits per heavy atom. The first-order valence-electron chi connectivity index (χ1n) is 9.91. The van der Waals surface area contributed by atoms with Crippen LogP contribution in [0.1, 0.15) is 45.4 Å². The van der Waals surface area contributed by atoms with Crippen LogP contribution in [-0.2, 0) is 9.59 Å². The minimum Gasteiger partial charge on any atom is -0.345 e. The number of nitriles is 1. The van der Waals surface area contributed by atoms with Crippen molar-refractivity contribution in [2.45, 2.75) is 63.0 Å². The van der Waals surface area contributed by atoms with E-state index in [9.17, 15) is 23.2 Å². The third kappa shape index (κ3) is 4.60. The lowest BCUT2D eigenvalue weighted by atomic mass is 9.77. The number of nitrogens with one attached hydrogen (secondary N) is 2. The van der Waals surface area contributed by atoms with E-state index in [1.165, 1.54) is 4.90 Å². The number of halogens is 2. The monoisotopic (exact) mass is 411 g/mol. The summed E-state index contributed by atoms with van der Waals surface area (Å²) in [7, 11) is 1.76. The second-order valence-electron chi connectivity index (χ2n) is 8.70. The fourth-order valence-electron chi connectivity index (χ4n) is 4.12. The summed E-state index contributed by atoms with van der Waals surface area (Å²) in [5, 5.41) is 14.0. The minimum atomic E-state index is -3.16. The Bertz CT molecular complexity index is 733. The Hall–Kier alpha value is -2.44. The Kier molecular flexibility index (Phi) is 5.45. The molecule has 0 unspecified atom stereocenters. The molecule has 2 saturated heterocycles. The van der Waals surface area contributed by atoms with Gasteiger partial charge in [-0.1, -0.05) is 0 Å². The van der Waals surface area contributed by atoms with Gasteiger partial charge in [-0.05, 0) is 39.0 Å². The summed E-state index contributed by atoms with van der Waals surface area (Å²) >= 11 is 0. The average Bonchev–Trinajstić information content (AvgIpc) is 3.38. The number of hydrogen-bond donors (Lipinski definition) is 2. The van der Waals surface area contributed by atoms with Crippen LogP contribution in [0.25, 0.3) is 0 Å². The van der Waals surface area contributed by atoms with E-state index in [2.05, 4.69) is 10.6 Å². The van der Waals surface area contributed by atoms with Gasteiger partial charge >= 0.3 is 6.03 Å². The van der Waals surface area contributed by atoms with Crippen LogP contribution in [0.2, 0.25) is 0 Å². The van der Waals surface area contributed by atoms with Crippen LogP contribution in [0.4, 0.5) is 13.6 Å². The number of piperidine rings is 1. The molecular formula is C19H27F2N5O3. The predicted molar refractivity (Wildman–Crippen MR) is 98.8 cm³/mol. The lowest BCUT2D eigenvalue weighted by Gasteiger charge is -2.38. The minimum absolute atomic E-state index is 0.0895. The molecule has 0 radical (unpaired) electrons. The molecular weight excluding hydrogens is 384 g/mol. The van der Waals surface area contributed by atoms with Crippen molar-refractivity contribution in [1.29, 1.82) is 5.26 Å². The molecule has 2 aliphatic heterocycles. The summed E-state index contributed by atoms with van der Waals surface area (Å²) in [4.78, 5) is 40.6. The first-order valence-corrected chi connectivity index (χ1v) is 9.91. The molecule has 29 heavy (non-hydrogen) atoms. The smallest absolute Gasteiger partial charge is 0.318 e. The lowest BCUT2D eigenvalue weighted by Crippen LogP contribution is -2.56. The van der Waals surface area contributed by atoms with E-state index in [-0.39, 0.29) is 5.91 Å². The van der Waals surface area contributed by atoms with Gasteiger partial charge in [0.25, 0.3) is 0 Å². The molecule has 0 aromatic carbocycles. The molecule has 160 valence electrons. The zero-order valence-electron chi connectivity index (χ0n) is 16.8. The maximum absolute atomic E-state index is 13.6. The molecule has 8 nitrogen and oxygen atoms in total. The number of carbonyl (C=O) groups excluding carboxylic acids is 3. The number of amides is 4.